The average Bonchev–Trinajstić information content (AvgIpc) is 3.22. The monoisotopic (exact) mass is 481 g/mol. The number of amides is 1. The zero-order valence-electron chi connectivity index (χ0n) is 19.2. The molecule has 0 spiro atoms. The van der Waals surface area contributed by atoms with Gasteiger partial charge in [0.2, 0.25) is 0 Å². The van der Waals surface area contributed by atoms with Crippen LogP contribution in [0.1, 0.15) is 23.7 Å². The van der Waals surface area contributed by atoms with Gasteiger partial charge in [-0.1, -0.05) is 66.8 Å². The van der Waals surface area contributed by atoms with Gasteiger partial charge < -0.3 is 14.0 Å². The summed E-state index contributed by atoms with van der Waals surface area (Å²) in [5.41, 5.74) is 4.02. The highest BCUT2D eigenvalue weighted by Gasteiger charge is 2.18. The minimum atomic E-state index is -0.283. The Kier molecular flexibility index (Phi) is 5.54. The Hall–Kier alpha value is -3.97. The van der Waals surface area contributed by atoms with Crippen LogP contribution in [-0.2, 0) is 6.54 Å². The number of aryl methyl sites for hydroxylation is 1. The summed E-state index contributed by atoms with van der Waals surface area (Å²) in [6.07, 6.45) is 0.915. The third-order valence-corrected chi connectivity index (χ3v) is 7.05. The van der Waals surface area contributed by atoms with Crippen molar-refractivity contribution < 1.29 is 14.3 Å². The lowest BCUT2D eigenvalue weighted by Crippen LogP contribution is -2.18. The summed E-state index contributed by atoms with van der Waals surface area (Å²) < 4.78 is 14.7. The quantitative estimate of drug-likeness (QED) is 0.323. The molecule has 0 saturated carbocycles. The number of hydrogen-bond donors (Lipinski definition) is 0. The van der Waals surface area contributed by atoms with E-state index in [0.717, 1.165) is 56.8 Å². The van der Waals surface area contributed by atoms with Gasteiger partial charge in [-0.25, -0.2) is 4.98 Å². The summed E-state index contributed by atoms with van der Waals surface area (Å²) >= 11 is 1.49. The zero-order chi connectivity index (χ0) is 23.8. The van der Waals surface area contributed by atoms with E-state index in [9.17, 15) is 4.79 Å². The van der Waals surface area contributed by atoms with Crippen molar-refractivity contribution in [3.63, 3.8) is 0 Å². The van der Waals surface area contributed by atoms with E-state index >= 15 is 0 Å². The molecule has 0 N–H and O–H groups in total. The molecule has 0 radical (unpaired) electrons. The number of ether oxygens (including phenoxy) is 2. The predicted octanol–water partition coefficient (Wildman–Crippen LogP) is 5.84. The third-order valence-electron chi connectivity index (χ3n) is 6.01. The van der Waals surface area contributed by atoms with E-state index in [1.54, 1.807) is 0 Å². The summed E-state index contributed by atoms with van der Waals surface area (Å²) in [4.78, 5) is 23.7. The van der Waals surface area contributed by atoms with Gasteiger partial charge >= 0.3 is 0 Å². The van der Waals surface area contributed by atoms with Crippen LogP contribution in [0.25, 0.3) is 32.4 Å². The van der Waals surface area contributed by atoms with Gasteiger partial charge in [0.15, 0.2) is 16.3 Å². The summed E-state index contributed by atoms with van der Waals surface area (Å²) in [5, 5.41) is 0.793. The van der Waals surface area contributed by atoms with Crippen LogP contribution in [0.4, 0.5) is 0 Å². The molecule has 1 amide bonds. The van der Waals surface area contributed by atoms with E-state index in [1.165, 1.54) is 11.3 Å². The molecule has 1 aliphatic rings. The number of rotatable bonds is 4. The highest BCUT2D eigenvalue weighted by atomic mass is 32.1. The van der Waals surface area contributed by atoms with Crippen LogP contribution < -0.4 is 14.3 Å². The van der Waals surface area contributed by atoms with Gasteiger partial charge in [-0.3, -0.25) is 4.79 Å². The molecule has 2 aromatic heterocycles. The largest absolute Gasteiger partial charge is 0.486 e. The number of carbonyl (C=O) groups is 1. The van der Waals surface area contributed by atoms with Crippen molar-refractivity contribution in [1.29, 1.82) is 0 Å². The summed E-state index contributed by atoms with van der Waals surface area (Å²) in [5.74, 6) is 1.19. The van der Waals surface area contributed by atoms with Gasteiger partial charge in [-0.05, 0) is 18.6 Å². The number of carbonyl (C=O) groups excluding carboxylic acids is 1. The number of benzene rings is 3. The van der Waals surface area contributed by atoms with Gasteiger partial charge in [0.25, 0.3) is 5.91 Å². The minimum Gasteiger partial charge on any atom is -0.486 e. The summed E-state index contributed by atoms with van der Waals surface area (Å²) in [6.45, 7) is 3.93. The Morgan fingerprint density at radius 2 is 1.74 bits per heavy atom. The number of nitrogens with zero attached hydrogens (tertiary/aromatic N) is 3. The van der Waals surface area contributed by atoms with Gasteiger partial charge in [0.05, 0.1) is 27.0 Å². The Morgan fingerprint density at radius 1 is 1.00 bits per heavy atom. The van der Waals surface area contributed by atoms with Crippen LogP contribution in [0.2, 0.25) is 0 Å². The van der Waals surface area contributed by atoms with Gasteiger partial charge in [0.1, 0.15) is 13.2 Å². The number of fused-ring (bicyclic) bond motifs is 3. The second-order valence-corrected chi connectivity index (χ2v) is 9.36. The van der Waals surface area contributed by atoms with Crippen LogP contribution in [0.5, 0.6) is 11.5 Å². The normalized spacial score (nSPS) is 13.5. The van der Waals surface area contributed by atoms with Crippen molar-refractivity contribution in [2.24, 2.45) is 4.99 Å². The van der Waals surface area contributed by atoms with E-state index in [-0.39, 0.29) is 5.91 Å². The molecular weight excluding hydrogens is 458 g/mol. The van der Waals surface area contributed by atoms with Crippen LogP contribution in [0, 0.1) is 0 Å². The molecule has 5 aromatic rings. The number of aromatic nitrogens is 2. The topological polar surface area (TPSA) is 65.7 Å². The first kappa shape index (κ1) is 21.6. The molecular formula is C28H23N3O3S. The fraction of sp³-hybridized carbons (Fsp3) is 0.179. The van der Waals surface area contributed by atoms with Crippen molar-refractivity contribution in [2.75, 3.05) is 13.2 Å². The maximum Gasteiger partial charge on any atom is 0.280 e. The number of pyridine rings is 1. The lowest BCUT2D eigenvalue weighted by Gasteiger charge is -2.18. The van der Waals surface area contributed by atoms with Gasteiger partial charge in [0, 0.05) is 29.6 Å². The number of para-hydroxylation sites is 1. The highest BCUT2D eigenvalue weighted by Crippen LogP contribution is 2.35. The van der Waals surface area contributed by atoms with E-state index in [1.807, 2.05) is 72.8 Å². The van der Waals surface area contributed by atoms with E-state index in [0.29, 0.717) is 23.6 Å². The molecule has 6 rings (SSSR count). The van der Waals surface area contributed by atoms with E-state index in [4.69, 9.17) is 14.5 Å². The van der Waals surface area contributed by atoms with Crippen molar-refractivity contribution >= 4 is 38.4 Å². The number of thiazole rings is 1. The maximum absolute atomic E-state index is 13.7. The predicted molar refractivity (Wildman–Crippen MR) is 138 cm³/mol. The lowest BCUT2D eigenvalue weighted by atomic mass is 10.0. The van der Waals surface area contributed by atoms with Crippen LogP contribution in [-0.4, -0.2) is 28.7 Å². The van der Waals surface area contributed by atoms with Gasteiger partial charge in [-0.15, -0.1) is 0 Å². The molecule has 0 unspecified atom stereocenters. The number of hydrogen-bond acceptors (Lipinski definition) is 5. The molecule has 0 atom stereocenters. The first-order valence-corrected chi connectivity index (χ1v) is 12.5. The molecule has 3 aromatic carbocycles. The smallest absolute Gasteiger partial charge is 0.280 e. The van der Waals surface area contributed by atoms with Crippen molar-refractivity contribution in [2.45, 2.75) is 19.9 Å². The molecule has 0 saturated heterocycles. The second kappa shape index (κ2) is 9.00. The molecule has 7 heteroatoms. The first-order chi connectivity index (χ1) is 17.2. The minimum absolute atomic E-state index is 0.283. The molecule has 0 fully saturated rings. The first-order valence-electron chi connectivity index (χ1n) is 11.7. The molecule has 3 heterocycles. The Bertz CT molecular complexity index is 1640. The molecule has 35 heavy (non-hydrogen) atoms. The molecule has 174 valence electrons. The van der Waals surface area contributed by atoms with Crippen LogP contribution in [0.3, 0.4) is 0 Å². The fourth-order valence-corrected chi connectivity index (χ4v) is 5.45. The van der Waals surface area contributed by atoms with Crippen LogP contribution in [0.15, 0.2) is 77.8 Å². The second-order valence-electron chi connectivity index (χ2n) is 8.36. The summed E-state index contributed by atoms with van der Waals surface area (Å²) in [7, 11) is 0. The average molecular weight is 482 g/mol. The Morgan fingerprint density at radius 3 is 2.54 bits per heavy atom. The molecule has 1 aliphatic heterocycles. The molecule has 0 aliphatic carbocycles. The molecule has 0 bridgehead atoms. The van der Waals surface area contributed by atoms with Crippen molar-refractivity contribution in [3.8, 4) is 22.8 Å². The Labute approximate surface area is 206 Å². The third kappa shape index (κ3) is 3.98. The van der Waals surface area contributed by atoms with E-state index in [2.05, 4.69) is 16.5 Å². The van der Waals surface area contributed by atoms with Crippen LogP contribution >= 0.6 is 11.3 Å². The highest BCUT2D eigenvalue weighted by molar-refractivity contribution is 7.16. The van der Waals surface area contributed by atoms with Crippen molar-refractivity contribution in [1.82, 2.24) is 9.55 Å². The van der Waals surface area contributed by atoms with Crippen molar-refractivity contribution in [3.05, 3.63) is 83.2 Å². The maximum atomic E-state index is 13.7. The Balaban J connectivity index is 1.52. The summed E-state index contributed by atoms with van der Waals surface area (Å²) in [6, 6.07) is 23.4. The van der Waals surface area contributed by atoms with E-state index < -0.39 is 0 Å². The standard InChI is InChI=1S/C28H23N3O3S/c1-2-12-31-23-16-24-25(34-14-13-33-24)17-26(23)35-28(31)30-27(32)20-15-22(18-8-4-3-5-9-18)29-21-11-7-6-10-19(20)21/h3-11,15-17H,2,12-14H2,1H3. The SMILES string of the molecule is CCCn1c(=NC(=O)c2cc(-c3ccccc3)nc3ccccc23)sc2cc3c(cc21)OCCO3. The zero-order valence-corrected chi connectivity index (χ0v) is 20.0. The lowest BCUT2D eigenvalue weighted by molar-refractivity contribution is 0.0999. The molecule has 6 nitrogen and oxygen atoms in total. The fourth-order valence-electron chi connectivity index (χ4n) is 4.39. The van der Waals surface area contributed by atoms with Gasteiger partial charge in [-0.2, -0.15) is 4.99 Å².